The number of aromatic nitrogens is 6. The Bertz CT molecular complexity index is 766. The third-order valence-corrected chi connectivity index (χ3v) is 3.42. The second-order valence-corrected chi connectivity index (χ2v) is 6.58. The number of benzene rings is 1. The van der Waals surface area contributed by atoms with Gasteiger partial charge in [0.05, 0.1) is 18.4 Å². The summed E-state index contributed by atoms with van der Waals surface area (Å²) in [5, 5.41) is 13.5. The first-order chi connectivity index (χ1) is 10.4. The third-order valence-electron chi connectivity index (χ3n) is 3.16. The summed E-state index contributed by atoms with van der Waals surface area (Å²) in [6.45, 7) is 6.80. The van der Waals surface area contributed by atoms with Gasteiger partial charge in [0.1, 0.15) is 12.0 Å². The lowest BCUT2D eigenvalue weighted by Gasteiger charge is -2.12. The Labute approximate surface area is 133 Å². The van der Waals surface area contributed by atoms with Crippen LogP contribution in [0.2, 0.25) is 5.02 Å². The monoisotopic (exact) mass is 316 g/mol. The lowest BCUT2D eigenvalue weighted by atomic mass is 9.96. The zero-order chi connectivity index (χ0) is 15.7. The van der Waals surface area contributed by atoms with E-state index in [2.05, 4.69) is 41.2 Å². The minimum Gasteiger partial charge on any atom is -0.247 e. The molecule has 0 atom stereocenters. The van der Waals surface area contributed by atoms with Crippen LogP contribution in [-0.4, -0.2) is 29.8 Å². The molecule has 0 aliphatic heterocycles. The highest BCUT2D eigenvalue weighted by Crippen LogP contribution is 2.17. The maximum absolute atomic E-state index is 5.89. The molecule has 1 aromatic carbocycles. The molecule has 0 aliphatic rings. The highest BCUT2D eigenvalue weighted by atomic mass is 35.5. The van der Waals surface area contributed by atoms with E-state index in [1.165, 1.54) is 0 Å². The van der Waals surface area contributed by atoms with Gasteiger partial charge >= 0.3 is 0 Å². The first kappa shape index (κ1) is 14.7. The largest absolute Gasteiger partial charge is 0.247 e. The van der Waals surface area contributed by atoms with Crippen LogP contribution >= 0.6 is 11.6 Å². The zero-order valence-electron chi connectivity index (χ0n) is 12.7. The summed E-state index contributed by atoms with van der Waals surface area (Å²) in [5.74, 6) is 0.817. The van der Waals surface area contributed by atoms with Gasteiger partial charge in [-0.2, -0.15) is 5.10 Å². The SMILES string of the molecule is CC(C)(C)c1ncn(Cc2cn(-c3ccc(Cl)cc3)nn2)n1. The molecule has 0 amide bonds. The minimum atomic E-state index is -0.0633. The smallest absolute Gasteiger partial charge is 0.155 e. The Morgan fingerprint density at radius 2 is 1.86 bits per heavy atom. The number of hydrogen-bond donors (Lipinski definition) is 0. The number of halogens is 1. The molecular formula is C15H17ClN6. The van der Waals surface area contributed by atoms with Gasteiger partial charge in [-0.15, -0.1) is 5.10 Å². The molecule has 7 heteroatoms. The highest BCUT2D eigenvalue weighted by molar-refractivity contribution is 6.30. The Kier molecular flexibility index (Phi) is 3.70. The Balaban J connectivity index is 1.77. The van der Waals surface area contributed by atoms with Gasteiger partial charge in [0, 0.05) is 10.4 Å². The molecule has 6 nitrogen and oxygen atoms in total. The number of nitrogens with zero attached hydrogens (tertiary/aromatic N) is 6. The lowest BCUT2D eigenvalue weighted by molar-refractivity contribution is 0.532. The quantitative estimate of drug-likeness (QED) is 0.745. The Hall–Kier alpha value is -2.21. The summed E-state index contributed by atoms with van der Waals surface area (Å²) in [6, 6.07) is 7.44. The van der Waals surface area contributed by atoms with E-state index in [0.29, 0.717) is 11.6 Å². The first-order valence-corrected chi connectivity index (χ1v) is 7.37. The van der Waals surface area contributed by atoms with Gasteiger partial charge in [-0.05, 0) is 24.3 Å². The summed E-state index contributed by atoms with van der Waals surface area (Å²) in [7, 11) is 0. The molecule has 0 bridgehead atoms. The lowest BCUT2D eigenvalue weighted by Crippen LogP contribution is -2.14. The predicted octanol–water partition coefficient (Wildman–Crippen LogP) is 2.86. The van der Waals surface area contributed by atoms with E-state index in [4.69, 9.17) is 11.6 Å². The van der Waals surface area contributed by atoms with Gasteiger partial charge in [-0.1, -0.05) is 37.6 Å². The van der Waals surface area contributed by atoms with Crippen LogP contribution in [0.3, 0.4) is 0 Å². The normalized spacial score (nSPS) is 11.8. The fourth-order valence-corrected chi connectivity index (χ4v) is 2.10. The van der Waals surface area contributed by atoms with E-state index in [1.54, 1.807) is 15.7 Å². The topological polar surface area (TPSA) is 61.4 Å². The molecule has 3 aromatic rings. The van der Waals surface area contributed by atoms with Crippen molar-refractivity contribution < 1.29 is 0 Å². The zero-order valence-corrected chi connectivity index (χ0v) is 13.5. The minimum absolute atomic E-state index is 0.0633. The van der Waals surface area contributed by atoms with Crippen molar-refractivity contribution in [1.29, 1.82) is 0 Å². The van der Waals surface area contributed by atoms with Crippen molar-refractivity contribution in [2.45, 2.75) is 32.7 Å². The van der Waals surface area contributed by atoms with Crippen molar-refractivity contribution >= 4 is 11.6 Å². The van der Waals surface area contributed by atoms with Gasteiger partial charge in [-0.3, -0.25) is 0 Å². The van der Waals surface area contributed by atoms with Crippen LogP contribution < -0.4 is 0 Å². The second kappa shape index (κ2) is 5.53. The molecule has 0 unspecified atom stereocenters. The molecule has 114 valence electrons. The molecule has 2 heterocycles. The molecule has 2 aromatic heterocycles. The molecule has 0 fully saturated rings. The van der Waals surface area contributed by atoms with Crippen molar-refractivity contribution in [2.24, 2.45) is 0 Å². The third kappa shape index (κ3) is 3.17. The van der Waals surface area contributed by atoms with E-state index in [1.807, 2.05) is 30.5 Å². The van der Waals surface area contributed by atoms with E-state index in [9.17, 15) is 0 Å². The Morgan fingerprint density at radius 1 is 1.14 bits per heavy atom. The van der Waals surface area contributed by atoms with Gasteiger partial charge in [0.2, 0.25) is 0 Å². The van der Waals surface area contributed by atoms with Crippen molar-refractivity contribution in [2.75, 3.05) is 0 Å². The van der Waals surface area contributed by atoms with E-state index < -0.39 is 0 Å². The highest BCUT2D eigenvalue weighted by Gasteiger charge is 2.18. The maximum Gasteiger partial charge on any atom is 0.155 e. The van der Waals surface area contributed by atoms with Crippen LogP contribution in [0.4, 0.5) is 0 Å². The van der Waals surface area contributed by atoms with Crippen molar-refractivity contribution in [3.63, 3.8) is 0 Å². The van der Waals surface area contributed by atoms with Gasteiger partial charge in [-0.25, -0.2) is 14.3 Å². The molecular weight excluding hydrogens is 300 g/mol. The molecule has 0 N–H and O–H groups in total. The molecule has 0 spiro atoms. The standard InChI is InChI=1S/C15H17ClN6/c1-15(2,3)14-17-10-21(19-14)8-12-9-22(20-18-12)13-6-4-11(16)5-7-13/h4-7,9-10H,8H2,1-3H3. The Morgan fingerprint density at radius 3 is 2.50 bits per heavy atom. The summed E-state index contributed by atoms with van der Waals surface area (Å²) >= 11 is 5.89. The van der Waals surface area contributed by atoms with Crippen molar-refractivity contribution in [3.8, 4) is 5.69 Å². The molecule has 0 aliphatic carbocycles. The molecule has 3 rings (SSSR count). The predicted molar refractivity (Wildman–Crippen MR) is 84.2 cm³/mol. The van der Waals surface area contributed by atoms with Gasteiger partial charge in [0.25, 0.3) is 0 Å². The average Bonchev–Trinajstić information content (AvgIpc) is 3.09. The summed E-state index contributed by atoms with van der Waals surface area (Å²) in [5.41, 5.74) is 1.67. The van der Waals surface area contributed by atoms with Crippen LogP contribution in [0.5, 0.6) is 0 Å². The molecule has 0 saturated heterocycles. The van der Waals surface area contributed by atoms with Crippen molar-refractivity contribution in [3.05, 3.63) is 53.3 Å². The van der Waals surface area contributed by atoms with Gasteiger partial charge in [0.15, 0.2) is 5.82 Å². The van der Waals surface area contributed by atoms with Crippen LogP contribution in [0.25, 0.3) is 5.69 Å². The molecule has 0 radical (unpaired) electrons. The number of rotatable bonds is 3. The number of hydrogen-bond acceptors (Lipinski definition) is 4. The molecule has 22 heavy (non-hydrogen) atoms. The van der Waals surface area contributed by atoms with E-state index >= 15 is 0 Å². The fraction of sp³-hybridized carbons (Fsp3) is 0.333. The van der Waals surface area contributed by atoms with Crippen LogP contribution in [0, 0.1) is 0 Å². The average molecular weight is 317 g/mol. The summed E-state index contributed by atoms with van der Waals surface area (Å²) in [4.78, 5) is 4.34. The van der Waals surface area contributed by atoms with Gasteiger partial charge < -0.3 is 0 Å². The maximum atomic E-state index is 5.89. The van der Waals surface area contributed by atoms with Crippen LogP contribution in [0.15, 0.2) is 36.8 Å². The second-order valence-electron chi connectivity index (χ2n) is 6.15. The summed E-state index contributed by atoms with van der Waals surface area (Å²) < 4.78 is 3.49. The van der Waals surface area contributed by atoms with E-state index in [-0.39, 0.29) is 5.41 Å². The molecule has 0 saturated carbocycles. The summed E-state index contributed by atoms with van der Waals surface area (Å²) in [6.07, 6.45) is 3.60. The van der Waals surface area contributed by atoms with Crippen molar-refractivity contribution in [1.82, 2.24) is 29.8 Å². The van der Waals surface area contributed by atoms with E-state index in [0.717, 1.165) is 17.2 Å². The first-order valence-electron chi connectivity index (χ1n) is 6.99. The fourth-order valence-electron chi connectivity index (χ4n) is 1.97. The van der Waals surface area contributed by atoms with Crippen LogP contribution in [-0.2, 0) is 12.0 Å². The van der Waals surface area contributed by atoms with Crippen LogP contribution in [0.1, 0.15) is 32.3 Å².